The number of rotatable bonds is 7. The Morgan fingerprint density at radius 1 is 1.03 bits per heavy atom. The van der Waals surface area contributed by atoms with E-state index in [4.69, 9.17) is 5.41 Å². The largest absolute Gasteiger partial charge is 0.507 e. The molecule has 1 heterocycles. The monoisotopic (exact) mass is 574 g/mol. The van der Waals surface area contributed by atoms with Gasteiger partial charge in [-0.1, -0.05) is 71.9 Å². The number of carbonyl (C=O) groups excluding carboxylic acids is 1. The van der Waals surface area contributed by atoms with E-state index in [1.807, 2.05) is 47.6 Å². The van der Waals surface area contributed by atoms with Gasteiger partial charge in [0.05, 0.1) is 25.0 Å². The maximum atomic E-state index is 13.5. The molecule has 3 rings (SSSR count). The van der Waals surface area contributed by atoms with Crippen molar-refractivity contribution in [1.29, 1.82) is 5.41 Å². The van der Waals surface area contributed by atoms with Crippen molar-refractivity contribution in [3.8, 4) is 5.75 Å². The van der Waals surface area contributed by atoms with E-state index in [1.165, 1.54) is 0 Å². The Labute approximate surface area is 229 Å². The van der Waals surface area contributed by atoms with Gasteiger partial charge in [0.25, 0.3) is 0 Å². The van der Waals surface area contributed by atoms with Crippen LogP contribution in [0.3, 0.4) is 0 Å². The number of nitrogens with zero attached hydrogens (tertiary/aromatic N) is 1. The van der Waals surface area contributed by atoms with Crippen molar-refractivity contribution < 1.29 is 24.9 Å². The molecule has 1 aliphatic heterocycles. The molecule has 0 aliphatic carbocycles. The van der Waals surface area contributed by atoms with Crippen LogP contribution in [0.2, 0.25) is 0 Å². The molecule has 37 heavy (non-hydrogen) atoms. The third-order valence-corrected chi connectivity index (χ3v) is 6.92. The predicted molar refractivity (Wildman–Crippen MR) is 150 cm³/mol. The number of benzene rings is 2. The number of aliphatic hydroxyl groups excluding tert-OH is 1. The molecule has 0 saturated carbocycles. The summed E-state index contributed by atoms with van der Waals surface area (Å²) in [5, 5.41) is 40.3. The van der Waals surface area contributed by atoms with Crippen LogP contribution in [0.25, 0.3) is 0 Å². The molecular formula is C29H39BrN2O5. The van der Waals surface area contributed by atoms with Gasteiger partial charge < -0.3 is 20.2 Å². The summed E-state index contributed by atoms with van der Waals surface area (Å²) in [6.45, 7) is 12.0. The van der Waals surface area contributed by atoms with E-state index in [2.05, 4.69) is 0 Å². The number of hydrogen-bond acceptors (Lipinski definition) is 5. The number of carboxylic acid groups (broad SMARTS) is 1. The maximum absolute atomic E-state index is 13.5. The molecule has 3 unspecified atom stereocenters. The Hall–Kier alpha value is -2.71. The second-order valence-electron chi connectivity index (χ2n) is 11.8. The first kappa shape index (κ1) is 30.5. The molecule has 202 valence electrons. The number of ketones is 1. The zero-order chi connectivity index (χ0) is 27.0. The number of aromatic hydroxyl groups is 1. The number of phenols is 1. The number of aliphatic carboxylic acids is 1. The highest BCUT2D eigenvalue weighted by Crippen LogP contribution is 2.41. The number of Topliss-reactive ketones (excluding diaryl/α,β-unsaturated/α-hetero) is 1. The van der Waals surface area contributed by atoms with Gasteiger partial charge in [-0.15, -0.1) is 17.0 Å². The molecule has 0 bridgehead atoms. The Kier molecular flexibility index (Phi) is 9.36. The molecule has 0 aromatic heterocycles. The van der Waals surface area contributed by atoms with Crippen molar-refractivity contribution in [1.82, 2.24) is 4.90 Å². The van der Waals surface area contributed by atoms with Crippen molar-refractivity contribution in [3.05, 3.63) is 64.7 Å². The summed E-state index contributed by atoms with van der Waals surface area (Å²) < 4.78 is 0. The first-order valence-corrected chi connectivity index (χ1v) is 12.3. The van der Waals surface area contributed by atoms with Crippen molar-refractivity contribution >= 4 is 34.6 Å². The summed E-state index contributed by atoms with van der Waals surface area (Å²) in [4.78, 5) is 26.6. The highest BCUT2D eigenvalue weighted by molar-refractivity contribution is 8.93. The molecule has 0 radical (unpaired) electrons. The molecule has 0 amide bonds. The van der Waals surface area contributed by atoms with Gasteiger partial charge in [-0.05, 0) is 34.4 Å². The van der Waals surface area contributed by atoms with Gasteiger partial charge in [-0.2, -0.15) is 0 Å². The van der Waals surface area contributed by atoms with Crippen LogP contribution in [0.15, 0.2) is 42.5 Å². The second-order valence-corrected chi connectivity index (χ2v) is 11.8. The van der Waals surface area contributed by atoms with Crippen LogP contribution in [0.5, 0.6) is 5.75 Å². The van der Waals surface area contributed by atoms with Gasteiger partial charge in [0.2, 0.25) is 0 Å². The summed E-state index contributed by atoms with van der Waals surface area (Å²) in [6.07, 6.45) is -1.25. The average molecular weight is 576 g/mol. The van der Waals surface area contributed by atoms with Gasteiger partial charge in [0.1, 0.15) is 11.6 Å². The molecule has 0 spiro atoms. The molecule has 3 atom stereocenters. The van der Waals surface area contributed by atoms with E-state index in [0.29, 0.717) is 22.3 Å². The standard InChI is InChI=1S/C29H38N2O5.BrH/c1-28(2,3)20-12-18(13-21(26(20)36)29(4,5)6)22(32)16-31-15-19(14-23(33)34)24(27(31)30)25(35)17-10-8-7-9-11-17;/h7-13,19,24-25,30,35-36H,14-16H2,1-6H3,(H,33,34);1H. The van der Waals surface area contributed by atoms with Gasteiger partial charge in [0, 0.05) is 23.2 Å². The van der Waals surface area contributed by atoms with Gasteiger partial charge in [-0.25, -0.2) is 0 Å². The first-order valence-electron chi connectivity index (χ1n) is 12.3. The van der Waals surface area contributed by atoms with Crippen LogP contribution in [0.1, 0.15) is 81.1 Å². The fourth-order valence-electron chi connectivity index (χ4n) is 4.96. The van der Waals surface area contributed by atoms with E-state index in [1.54, 1.807) is 41.3 Å². The van der Waals surface area contributed by atoms with Crippen LogP contribution in [0.4, 0.5) is 0 Å². The van der Waals surface area contributed by atoms with Crippen LogP contribution < -0.4 is 0 Å². The Morgan fingerprint density at radius 3 is 2.00 bits per heavy atom. The minimum absolute atomic E-state index is 0. The van der Waals surface area contributed by atoms with Crippen LogP contribution >= 0.6 is 17.0 Å². The molecule has 1 saturated heterocycles. The lowest BCUT2D eigenvalue weighted by molar-refractivity contribution is -0.138. The lowest BCUT2D eigenvalue weighted by atomic mass is 9.78. The molecule has 8 heteroatoms. The zero-order valence-electron chi connectivity index (χ0n) is 22.4. The highest BCUT2D eigenvalue weighted by atomic mass is 79.9. The summed E-state index contributed by atoms with van der Waals surface area (Å²) in [5.41, 5.74) is 1.62. The number of carboxylic acids is 1. The molecule has 7 nitrogen and oxygen atoms in total. The summed E-state index contributed by atoms with van der Waals surface area (Å²) >= 11 is 0. The Balaban J connectivity index is 0.00000481. The number of carbonyl (C=O) groups is 2. The molecule has 4 N–H and O–H groups in total. The van der Waals surface area contributed by atoms with E-state index in [-0.39, 0.29) is 53.9 Å². The summed E-state index contributed by atoms with van der Waals surface area (Å²) in [6, 6.07) is 12.3. The fourth-order valence-corrected chi connectivity index (χ4v) is 4.96. The number of phenolic OH excluding ortho intramolecular Hbond substituents is 1. The number of nitrogens with one attached hydrogen (secondary N) is 1. The van der Waals surface area contributed by atoms with Gasteiger partial charge in [-0.3, -0.25) is 15.0 Å². The van der Waals surface area contributed by atoms with Crippen LogP contribution in [-0.2, 0) is 15.6 Å². The minimum atomic E-state index is -1.04. The number of halogens is 1. The lowest BCUT2D eigenvalue weighted by Crippen LogP contribution is -2.34. The van der Waals surface area contributed by atoms with E-state index >= 15 is 0 Å². The maximum Gasteiger partial charge on any atom is 0.303 e. The molecular weight excluding hydrogens is 536 g/mol. The molecule has 2 aromatic carbocycles. The van der Waals surface area contributed by atoms with Crippen LogP contribution in [0, 0.1) is 17.2 Å². The topological polar surface area (TPSA) is 122 Å². The van der Waals surface area contributed by atoms with Crippen LogP contribution in [-0.4, -0.2) is 50.9 Å². The predicted octanol–water partition coefficient (Wildman–Crippen LogP) is 5.48. The van der Waals surface area contributed by atoms with E-state index in [9.17, 15) is 24.9 Å². The Bertz CT molecular complexity index is 1120. The quantitative estimate of drug-likeness (QED) is 0.325. The number of amidine groups is 1. The summed E-state index contributed by atoms with van der Waals surface area (Å²) in [5.74, 6) is -2.21. The molecule has 2 aromatic rings. The number of likely N-dealkylation sites (tertiary alicyclic amines) is 1. The average Bonchev–Trinajstić information content (AvgIpc) is 3.06. The lowest BCUT2D eigenvalue weighted by Gasteiger charge is -2.28. The minimum Gasteiger partial charge on any atom is -0.507 e. The SMILES string of the molecule is Br.CC(C)(C)c1cc(C(=O)CN2CC(CC(=O)O)C(C(O)c3ccccc3)C2=N)cc(C(C)(C)C)c1O. The molecule has 1 aliphatic rings. The normalized spacial score (nSPS) is 18.9. The van der Waals surface area contributed by atoms with Crippen molar-refractivity contribution in [2.24, 2.45) is 11.8 Å². The smallest absolute Gasteiger partial charge is 0.303 e. The van der Waals surface area contributed by atoms with Gasteiger partial charge in [0.15, 0.2) is 5.78 Å². The van der Waals surface area contributed by atoms with E-state index in [0.717, 1.165) is 0 Å². The third-order valence-electron chi connectivity index (χ3n) is 6.92. The second kappa shape index (κ2) is 11.4. The number of aliphatic hydroxyl groups is 1. The Morgan fingerprint density at radius 2 is 1.54 bits per heavy atom. The van der Waals surface area contributed by atoms with E-state index < -0.39 is 34.7 Å². The van der Waals surface area contributed by atoms with Crippen molar-refractivity contribution in [2.45, 2.75) is 64.9 Å². The molecule has 1 fully saturated rings. The number of hydrogen-bond donors (Lipinski definition) is 4. The highest BCUT2D eigenvalue weighted by Gasteiger charge is 2.43. The van der Waals surface area contributed by atoms with Gasteiger partial charge >= 0.3 is 5.97 Å². The third kappa shape index (κ3) is 6.79. The zero-order valence-corrected chi connectivity index (χ0v) is 24.1. The van der Waals surface area contributed by atoms with Crippen molar-refractivity contribution in [2.75, 3.05) is 13.1 Å². The first-order chi connectivity index (χ1) is 16.6. The fraction of sp³-hybridized carbons (Fsp3) is 0.483. The summed E-state index contributed by atoms with van der Waals surface area (Å²) in [7, 11) is 0. The van der Waals surface area contributed by atoms with Crippen molar-refractivity contribution in [3.63, 3.8) is 0 Å².